The minimum atomic E-state index is -1.94. The molecule has 0 radical (unpaired) electrons. The minimum absolute atomic E-state index is 0.278. The summed E-state index contributed by atoms with van der Waals surface area (Å²) in [5.41, 5.74) is 0.199. The van der Waals surface area contributed by atoms with Crippen LogP contribution >= 0.6 is 0 Å². The molecule has 1 aromatic carbocycles. The lowest BCUT2D eigenvalue weighted by Crippen LogP contribution is -2.31. The van der Waals surface area contributed by atoms with Gasteiger partial charge in [-0.25, -0.2) is 0 Å². The van der Waals surface area contributed by atoms with Gasteiger partial charge in [-0.1, -0.05) is 64.9 Å². The van der Waals surface area contributed by atoms with E-state index in [1.807, 2.05) is 45.9 Å². The highest BCUT2D eigenvalue weighted by atomic mass is 14.4. The minimum Gasteiger partial charge on any atom is -0.0622 e. The summed E-state index contributed by atoms with van der Waals surface area (Å²) >= 11 is 0. The first kappa shape index (κ1) is 7.50. The lowest BCUT2D eigenvalue weighted by atomic mass is 9.66. The summed E-state index contributed by atoms with van der Waals surface area (Å²) in [6, 6.07) is 10.1. The van der Waals surface area contributed by atoms with E-state index in [1.54, 1.807) is 0 Å². The summed E-state index contributed by atoms with van der Waals surface area (Å²) in [5.74, 6) is 0. The molecule has 0 heteroatoms. The van der Waals surface area contributed by atoms with Crippen LogP contribution in [0.1, 0.15) is 44.2 Å². The van der Waals surface area contributed by atoms with Crippen LogP contribution in [0.25, 0.3) is 0 Å². The number of hydrogen-bond acceptors (Lipinski definition) is 0. The Balaban J connectivity index is 2.96. The Morgan fingerprint density at radius 1 is 1.07 bits per heavy atom. The normalized spacial score (nSPS) is 17.0. The van der Waals surface area contributed by atoms with Crippen LogP contribution in [-0.4, -0.2) is 0 Å². The molecule has 0 aliphatic heterocycles. The van der Waals surface area contributed by atoms with Crippen molar-refractivity contribution in [3.63, 3.8) is 0 Å². The zero-order valence-corrected chi connectivity index (χ0v) is 9.59. The summed E-state index contributed by atoms with van der Waals surface area (Å²) in [7, 11) is 0. The van der Waals surface area contributed by atoms with E-state index >= 15 is 0 Å². The van der Waals surface area contributed by atoms with Crippen molar-refractivity contribution < 1.29 is 4.11 Å². The van der Waals surface area contributed by atoms with E-state index in [2.05, 4.69) is 12.1 Å². The third-order valence-corrected chi connectivity index (χ3v) is 3.18. The van der Waals surface area contributed by atoms with Crippen LogP contribution in [0.2, 0.25) is 0 Å². The maximum atomic E-state index is 7.69. The van der Waals surface area contributed by atoms with Crippen LogP contribution in [0.15, 0.2) is 30.3 Å². The van der Waals surface area contributed by atoms with Gasteiger partial charge >= 0.3 is 0 Å². The fourth-order valence-electron chi connectivity index (χ4n) is 1.33. The van der Waals surface area contributed by atoms with Gasteiger partial charge in [0.25, 0.3) is 0 Å². The highest BCUT2D eigenvalue weighted by molar-refractivity contribution is 5.16. The molecule has 0 fully saturated rings. The smallest absolute Gasteiger partial charge is 0.0236 e. The predicted octanol–water partition coefficient (Wildman–Crippen LogP) is 4.30. The monoisotopic (exact) mass is 193 g/mol. The number of benzene rings is 1. The maximum absolute atomic E-state index is 7.69. The fourth-order valence-corrected chi connectivity index (χ4v) is 1.33. The van der Waals surface area contributed by atoms with Crippen molar-refractivity contribution >= 4 is 0 Å². The molecular weight excluding hydrogens is 168 g/mol. The SMILES string of the molecule is [2H]C([2H])([2H])C(C)(C)C(C)(C)Cc1ccccc1. The molecule has 0 aliphatic carbocycles. The number of rotatable bonds is 2. The molecule has 0 saturated heterocycles. The molecule has 0 aromatic heterocycles. The second-order valence-electron chi connectivity index (χ2n) is 5.17. The third-order valence-electron chi connectivity index (χ3n) is 3.18. The molecule has 0 amide bonds. The van der Waals surface area contributed by atoms with Gasteiger partial charge in [0, 0.05) is 4.11 Å². The average Bonchev–Trinajstić information content (AvgIpc) is 2.16. The Hall–Kier alpha value is -0.780. The summed E-state index contributed by atoms with van der Waals surface area (Å²) in [4.78, 5) is 0. The summed E-state index contributed by atoms with van der Waals surface area (Å²) in [6.45, 7) is 5.80. The van der Waals surface area contributed by atoms with Gasteiger partial charge in [-0.2, -0.15) is 0 Å². The molecule has 14 heavy (non-hydrogen) atoms. The van der Waals surface area contributed by atoms with Gasteiger partial charge in [-0.05, 0) is 22.8 Å². The predicted molar refractivity (Wildman–Crippen MR) is 63.4 cm³/mol. The lowest BCUT2D eigenvalue weighted by Gasteiger charge is -2.39. The second-order valence-corrected chi connectivity index (χ2v) is 5.17. The molecule has 78 valence electrons. The van der Waals surface area contributed by atoms with Crippen LogP contribution < -0.4 is 0 Å². The zero-order valence-electron chi connectivity index (χ0n) is 12.6. The molecule has 0 bridgehead atoms. The van der Waals surface area contributed by atoms with Crippen molar-refractivity contribution in [2.45, 2.75) is 41.0 Å². The summed E-state index contributed by atoms with van der Waals surface area (Å²) in [6.07, 6.45) is 0.777. The third kappa shape index (κ3) is 2.60. The van der Waals surface area contributed by atoms with E-state index in [-0.39, 0.29) is 5.41 Å². The van der Waals surface area contributed by atoms with E-state index in [4.69, 9.17) is 4.11 Å². The van der Waals surface area contributed by atoms with E-state index in [9.17, 15) is 0 Å². The van der Waals surface area contributed by atoms with Crippen LogP contribution in [-0.2, 0) is 6.42 Å². The second kappa shape index (κ2) is 3.76. The van der Waals surface area contributed by atoms with Gasteiger partial charge in [0.05, 0.1) is 0 Å². The summed E-state index contributed by atoms with van der Waals surface area (Å²) < 4.78 is 23.1. The lowest BCUT2D eigenvalue weighted by molar-refractivity contribution is 0.132. The van der Waals surface area contributed by atoms with E-state index < -0.39 is 12.3 Å². The molecule has 1 aromatic rings. The maximum Gasteiger partial charge on any atom is 0.0236 e. The van der Waals surface area contributed by atoms with E-state index in [0.29, 0.717) is 0 Å². The molecule has 0 N–H and O–H groups in total. The molecule has 0 atom stereocenters. The van der Waals surface area contributed by atoms with E-state index in [0.717, 1.165) is 6.42 Å². The Labute approximate surface area is 92.6 Å². The van der Waals surface area contributed by atoms with Gasteiger partial charge < -0.3 is 0 Å². The molecule has 0 heterocycles. The van der Waals surface area contributed by atoms with Crippen molar-refractivity contribution in [3.05, 3.63) is 35.9 Å². The van der Waals surface area contributed by atoms with Crippen LogP contribution in [0.4, 0.5) is 0 Å². The molecule has 0 aliphatic rings. The Kier molecular flexibility index (Phi) is 2.02. The van der Waals surface area contributed by atoms with Crippen molar-refractivity contribution in [3.8, 4) is 0 Å². The molecule has 0 unspecified atom stereocenters. The van der Waals surface area contributed by atoms with Gasteiger partial charge in [0.1, 0.15) is 0 Å². The topological polar surface area (TPSA) is 0 Å². The molecular formula is C14H22. The number of hydrogen-bond donors (Lipinski definition) is 0. The van der Waals surface area contributed by atoms with Crippen LogP contribution in [0, 0.1) is 10.8 Å². The van der Waals surface area contributed by atoms with Crippen molar-refractivity contribution in [1.29, 1.82) is 0 Å². The first-order chi connectivity index (χ1) is 7.58. The Bertz CT molecular complexity index is 361. The standard InChI is InChI=1S/C14H22/c1-13(2,3)14(4,5)11-12-9-7-6-8-10-12/h6-10H,11H2,1-5H3/i1D3. The summed E-state index contributed by atoms with van der Waals surface area (Å²) in [5, 5.41) is 0. The van der Waals surface area contributed by atoms with E-state index in [1.165, 1.54) is 5.56 Å². The largest absolute Gasteiger partial charge is 0.0622 e. The molecule has 0 spiro atoms. The first-order valence-electron chi connectivity index (χ1n) is 6.62. The highest BCUT2D eigenvalue weighted by Crippen LogP contribution is 2.40. The van der Waals surface area contributed by atoms with Crippen LogP contribution in [0.5, 0.6) is 0 Å². The highest BCUT2D eigenvalue weighted by Gasteiger charge is 2.32. The first-order valence-corrected chi connectivity index (χ1v) is 5.12. The molecule has 0 saturated carbocycles. The average molecular weight is 193 g/mol. The Morgan fingerprint density at radius 3 is 2.14 bits per heavy atom. The quantitative estimate of drug-likeness (QED) is 0.657. The van der Waals surface area contributed by atoms with Crippen molar-refractivity contribution in [2.24, 2.45) is 10.8 Å². The van der Waals surface area contributed by atoms with Crippen molar-refractivity contribution in [2.75, 3.05) is 0 Å². The Morgan fingerprint density at radius 2 is 1.64 bits per heavy atom. The van der Waals surface area contributed by atoms with Gasteiger partial charge in [0.15, 0.2) is 0 Å². The van der Waals surface area contributed by atoms with Gasteiger partial charge in [-0.3, -0.25) is 0 Å². The van der Waals surface area contributed by atoms with Gasteiger partial charge in [0.2, 0.25) is 0 Å². The van der Waals surface area contributed by atoms with Gasteiger partial charge in [-0.15, -0.1) is 0 Å². The van der Waals surface area contributed by atoms with Crippen molar-refractivity contribution in [1.82, 2.24) is 0 Å². The molecule has 0 nitrogen and oxygen atoms in total. The zero-order chi connectivity index (χ0) is 13.3. The molecule has 1 rings (SSSR count). The fraction of sp³-hybridized carbons (Fsp3) is 0.571. The van der Waals surface area contributed by atoms with Crippen LogP contribution in [0.3, 0.4) is 0 Å².